The molecule has 3 rings (SSSR count). The summed E-state index contributed by atoms with van der Waals surface area (Å²) in [6.45, 7) is 0.998. The Kier molecular flexibility index (Phi) is 7.98. The van der Waals surface area contributed by atoms with Gasteiger partial charge >= 0.3 is 11.9 Å². The Hall–Kier alpha value is -3.76. The summed E-state index contributed by atoms with van der Waals surface area (Å²) < 4.78 is 36.9. The van der Waals surface area contributed by atoms with E-state index in [9.17, 15) is 22.8 Å². The molecule has 0 aliphatic carbocycles. The van der Waals surface area contributed by atoms with Crippen LogP contribution in [0.4, 0.5) is 5.69 Å². The number of anilines is 1. The van der Waals surface area contributed by atoms with Gasteiger partial charge in [-0.2, -0.15) is 0 Å². The zero-order valence-electron chi connectivity index (χ0n) is 18.7. The SMILES string of the molecule is COC(=O)c1ccc(C)c(NC(=O)COC(=O)CCNS(=O)(=O)c2ccc3ccccc3c2)c1. The van der Waals surface area contributed by atoms with Gasteiger partial charge < -0.3 is 14.8 Å². The van der Waals surface area contributed by atoms with Crippen molar-refractivity contribution >= 4 is 44.3 Å². The zero-order valence-corrected chi connectivity index (χ0v) is 19.5. The fourth-order valence-electron chi connectivity index (χ4n) is 3.11. The largest absolute Gasteiger partial charge is 0.465 e. The number of carbonyl (C=O) groups is 3. The molecule has 178 valence electrons. The number of benzene rings is 3. The summed E-state index contributed by atoms with van der Waals surface area (Å²) in [6.07, 6.45) is -0.253. The van der Waals surface area contributed by atoms with E-state index in [2.05, 4.69) is 14.8 Å². The lowest BCUT2D eigenvalue weighted by Crippen LogP contribution is -2.28. The minimum Gasteiger partial charge on any atom is -0.465 e. The number of methoxy groups -OCH3 is 1. The van der Waals surface area contributed by atoms with E-state index in [0.717, 1.165) is 10.8 Å². The second-order valence-electron chi connectivity index (χ2n) is 7.39. The van der Waals surface area contributed by atoms with Crippen molar-refractivity contribution in [2.45, 2.75) is 18.2 Å². The number of esters is 2. The lowest BCUT2D eigenvalue weighted by molar-refractivity contribution is -0.147. The summed E-state index contributed by atoms with van der Waals surface area (Å²) >= 11 is 0. The van der Waals surface area contributed by atoms with E-state index in [1.165, 1.54) is 19.2 Å². The molecule has 0 aromatic heterocycles. The van der Waals surface area contributed by atoms with E-state index >= 15 is 0 Å². The number of hydrogen-bond acceptors (Lipinski definition) is 7. The van der Waals surface area contributed by atoms with Crippen molar-refractivity contribution in [1.82, 2.24) is 4.72 Å². The van der Waals surface area contributed by atoms with Crippen LogP contribution in [-0.2, 0) is 29.1 Å². The maximum absolute atomic E-state index is 12.5. The average molecular weight is 485 g/mol. The maximum atomic E-state index is 12.5. The lowest BCUT2D eigenvalue weighted by Gasteiger charge is -2.11. The Morgan fingerprint density at radius 3 is 2.41 bits per heavy atom. The fourth-order valence-corrected chi connectivity index (χ4v) is 4.18. The van der Waals surface area contributed by atoms with Crippen molar-refractivity contribution in [3.8, 4) is 0 Å². The van der Waals surface area contributed by atoms with Gasteiger partial charge in [0.2, 0.25) is 10.0 Å². The van der Waals surface area contributed by atoms with E-state index in [1.807, 2.05) is 24.3 Å². The average Bonchev–Trinajstić information content (AvgIpc) is 2.83. The molecule has 0 heterocycles. The van der Waals surface area contributed by atoms with Gasteiger partial charge in [-0.15, -0.1) is 0 Å². The molecular formula is C24H24N2O7S. The van der Waals surface area contributed by atoms with Gasteiger partial charge in [-0.1, -0.05) is 36.4 Å². The van der Waals surface area contributed by atoms with E-state index in [4.69, 9.17) is 4.74 Å². The number of fused-ring (bicyclic) bond motifs is 1. The number of sulfonamides is 1. The third-order valence-electron chi connectivity index (χ3n) is 4.95. The maximum Gasteiger partial charge on any atom is 0.337 e. The molecule has 3 aromatic rings. The molecule has 0 atom stereocenters. The first-order valence-corrected chi connectivity index (χ1v) is 11.8. The van der Waals surface area contributed by atoms with Crippen molar-refractivity contribution < 1.29 is 32.3 Å². The smallest absolute Gasteiger partial charge is 0.337 e. The van der Waals surface area contributed by atoms with Gasteiger partial charge in [0.1, 0.15) is 0 Å². The molecule has 0 saturated heterocycles. The standard InChI is InChI=1S/C24H24N2O7S/c1-16-7-8-19(24(29)32-2)14-21(16)26-22(27)15-33-23(28)11-12-25-34(30,31)20-10-9-17-5-3-4-6-18(17)13-20/h3-10,13-14,25H,11-12,15H2,1-2H3,(H,26,27). The minimum absolute atomic E-state index is 0.0866. The van der Waals surface area contributed by atoms with Crippen LogP contribution in [0.15, 0.2) is 65.6 Å². The molecular weight excluding hydrogens is 460 g/mol. The van der Waals surface area contributed by atoms with Crippen LogP contribution < -0.4 is 10.0 Å². The summed E-state index contributed by atoms with van der Waals surface area (Å²) in [6, 6.07) is 16.8. The number of amides is 1. The Balaban J connectivity index is 1.47. The fraction of sp³-hybridized carbons (Fsp3) is 0.208. The molecule has 0 aliphatic heterocycles. The van der Waals surface area contributed by atoms with Gasteiger partial charge in [0.05, 0.1) is 24.0 Å². The molecule has 0 unspecified atom stereocenters. The minimum atomic E-state index is -3.81. The molecule has 34 heavy (non-hydrogen) atoms. The van der Waals surface area contributed by atoms with Gasteiger partial charge in [0.15, 0.2) is 6.61 Å². The van der Waals surface area contributed by atoms with Crippen LogP contribution in [0.25, 0.3) is 10.8 Å². The Bertz CT molecular complexity index is 1340. The van der Waals surface area contributed by atoms with Crippen LogP contribution >= 0.6 is 0 Å². The van der Waals surface area contributed by atoms with Gasteiger partial charge in [-0.3, -0.25) is 9.59 Å². The highest BCUT2D eigenvalue weighted by molar-refractivity contribution is 7.89. The van der Waals surface area contributed by atoms with Crippen molar-refractivity contribution in [2.75, 3.05) is 25.6 Å². The third-order valence-corrected chi connectivity index (χ3v) is 6.41. The zero-order chi connectivity index (χ0) is 24.7. The van der Waals surface area contributed by atoms with Crippen molar-refractivity contribution in [3.63, 3.8) is 0 Å². The van der Waals surface area contributed by atoms with Gasteiger partial charge in [-0.05, 0) is 47.5 Å². The van der Waals surface area contributed by atoms with Crippen LogP contribution in [-0.4, -0.2) is 46.5 Å². The van der Waals surface area contributed by atoms with Crippen LogP contribution in [0.2, 0.25) is 0 Å². The summed E-state index contributed by atoms with van der Waals surface area (Å²) in [5.74, 6) is -1.89. The Morgan fingerprint density at radius 1 is 0.941 bits per heavy atom. The quantitative estimate of drug-likeness (QED) is 0.447. The van der Waals surface area contributed by atoms with Crippen LogP contribution in [0.1, 0.15) is 22.3 Å². The normalized spacial score (nSPS) is 11.1. The van der Waals surface area contributed by atoms with Crippen molar-refractivity contribution in [2.24, 2.45) is 0 Å². The second kappa shape index (κ2) is 10.9. The molecule has 0 saturated carbocycles. The third kappa shape index (κ3) is 6.40. The highest BCUT2D eigenvalue weighted by atomic mass is 32.2. The number of nitrogens with one attached hydrogen (secondary N) is 2. The first-order chi connectivity index (χ1) is 16.2. The molecule has 0 spiro atoms. The second-order valence-corrected chi connectivity index (χ2v) is 9.15. The van der Waals surface area contributed by atoms with E-state index in [1.54, 1.807) is 31.2 Å². The number of ether oxygens (including phenoxy) is 2. The molecule has 3 aromatic carbocycles. The predicted molar refractivity (Wildman–Crippen MR) is 126 cm³/mol. The summed E-state index contributed by atoms with van der Waals surface area (Å²) in [4.78, 5) is 35.8. The number of hydrogen-bond donors (Lipinski definition) is 2. The number of aryl methyl sites for hydroxylation is 1. The van der Waals surface area contributed by atoms with Gasteiger partial charge in [0, 0.05) is 12.2 Å². The molecule has 0 fully saturated rings. The molecule has 0 bridgehead atoms. The van der Waals surface area contributed by atoms with Gasteiger partial charge in [-0.25, -0.2) is 17.9 Å². The topological polar surface area (TPSA) is 128 Å². The monoisotopic (exact) mass is 484 g/mol. The van der Waals surface area contributed by atoms with Crippen LogP contribution in [0.3, 0.4) is 0 Å². The highest BCUT2D eigenvalue weighted by Crippen LogP contribution is 2.19. The highest BCUT2D eigenvalue weighted by Gasteiger charge is 2.16. The predicted octanol–water partition coefficient (Wildman–Crippen LogP) is 2.79. The van der Waals surface area contributed by atoms with Crippen molar-refractivity contribution in [1.29, 1.82) is 0 Å². The van der Waals surface area contributed by atoms with Crippen LogP contribution in [0.5, 0.6) is 0 Å². The van der Waals surface area contributed by atoms with E-state index in [0.29, 0.717) is 11.3 Å². The summed E-state index contributed by atoms with van der Waals surface area (Å²) in [5, 5.41) is 4.26. The van der Waals surface area contributed by atoms with Crippen molar-refractivity contribution in [3.05, 3.63) is 71.8 Å². The molecule has 10 heteroatoms. The summed E-state index contributed by atoms with van der Waals surface area (Å²) in [5.41, 5.74) is 1.35. The van der Waals surface area contributed by atoms with Gasteiger partial charge in [0.25, 0.3) is 5.91 Å². The lowest BCUT2D eigenvalue weighted by atomic mass is 10.1. The molecule has 9 nitrogen and oxygen atoms in total. The van der Waals surface area contributed by atoms with E-state index in [-0.39, 0.29) is 23.4 Å². The number of carbonyl (C=O) groups excluding carboxylic acids is 3. The molecule has 1 amide bonds. The first-order valence-electron chi connectivity index (χ1n) is 10.3. The molecule has 0 aliphatic rings. The Labute approximate surface area is 197 Å². The Morgan fingerprint density at radius 2 is 1.68 bits per heavy atom. The molecule has 0 radical (unpaired) electrons. The number of rotatable bonds is 9. The van der Waals surface area contributed by atoms with E-state index < -0.39 is 34.5 Å². The first kappa shape index (κ1) is 24.9. The molecule has 2 N–H and O–H groups in total. The van der Waals surface area contributed by atoms with Crippen LogP contribution in [0, 0.1) is 6.92 Å². The summed E-state index contributed by atoms with van der Waals surface area (Å²) in [7, 11) is -2.56.